The monoisotopic (exact) mass is 259 g/mol. The van der Waals surface area contributed by atoms with Crippen molar-refractivity contribution < 1.29 is 9.66 Å². The molecule has 0 aliphatic heterocycles. The molecule has 0 bridgehead atoms. The third-order valence-corrected chi connectivity index (χ3v) is 2.53. The van der Waals surface area contributed by atoms with E-state index in [1.54, 1.807) is 18.7 Å². The lowest BCUT2D eigenvalue weighted by Gasteiger charge is -2.06. The normalized spacial score (nSPS) is 10.8. The molecule has 6 heteroatoms. The van der Waals surface area contributed by atoms with Gasteiger partial charge in [0.05, 0.1) is 16.2 Å². The zero-order valence-electron chi connectivity index (χ0n) is 10.6. The van der Waals surface area contributed by atoms with Gasteiger partial charge < -0.3 is 4.74 Å². The second kappa shape index (κ2) is 5.34. The van der Waals surface area contributed by atoms with E-state index in [1.807, 2.05) is 30.3 Å². The average Bonchev–Trinajstić information content (AvgIpc) is 2.63. The van der Waals surface area contributed by atoms with Crippen molar-refractivity contribution in [2.75, 3.05) is 0 Å². The summed E-state index contributed by atoms with van der Waals surface area (Å²) in [5.74, 6) is 1.13. The van der Waals surface area contributed by atoms with Crippen LogP contribution in [0.5, 0.6) is 11.6 Å². The molecule has 1 aromatic heterocycles. The molecule has 19 heavy (non-hydrogen) atoms. The lowest BCUT2D eigenvalue weighted by atomic mass is 10.2. The van der Waals surface area contributed by atoms with Gasteiger partial charge >= 0.3 is 0 Å². The molecule has 2 rings (SSSR count). The molecule has 0 unspecified atom stereocenters. The maximum atomic E-state index is 10.4. The summed E-state index contributed by atoms with van der Waals surface area (Å²) in [6, 6.07) is 9.21. The Morgan fingerprint density at radius 2 is 2.05 bits per heavy atom. The summed E-state index contributed by atoms with van der Waals surface area (Å²) in [4.78, 5) is 9.90. The van der Waals surface area contributed by atoms with E-state index >= 15 is 0 Å². The van der Waals surface area contributed by atoms with E-state index < -0.39 is 4.92 Å². The second-order valence-corrected chi connectivity index (χ2v) is 3.94. The van der Waals surface area contributed by atoms with Crippen LogP contribution >= 0.6 is 0 Å². The minimum atomic E-state index is -0.515. The predicted octanol–water partition coefficient (Wildman–Crippen LogP) is 2.77. The highest BCUT2D eigenvalue weighted by Gasteiger charge is 2.14. The number of rotatable bonds is 4. The van der Waals surface area contributed by atoms with E-state index in [1.165, 1.54) is 6.08 Å². The molecule has 1 heterocycles. The van der Waals surface area contributed by atoms with Crippen LogP contribution in [0.2, 0.25) is 0 Å². The Morgan fingerprint density at radius 1 is 1.37 bits per heavy atom. The number of ether oxygens (including phenoxy) is 1. The van der Waals surface area contributed by atoms with Gasteiger partial charge in [-0.15, -0.1) is 0 Å². The largest absolute Gasteiger partial charge is 0.439 e. The first-order chi connectivity index (χ1) is 9.08. The van der Waals surface area contributed by atoms with Crippen LogP contribution in [0.1, 0.15) is 11.3 Å². The minimum absolute atomic E-state index is 0.474. The Bertz CT molecular complexity index is 618. The van der Waals surface area contributed by atoms with Crippen LogP contribution in [-0.4, -0.2) is 14.7 Å². The Kier molecular flexibility index (Phi) is 3.61. The quantitative estimate of drug-likeness (QED) is 0.625. The SMILES string of the molecule is Cc1nn(C)c(Oc2ccccc2)c1C=C[N+](=O)[O-]. The fourth-order valence-electron chi connectivity index (χ4n) is 1.70. The summed E-state index contributed by atoms with van der Waals surface area (Å²) in [6.07, 6.45) is 2.27. The van der Waals surface area contributed by atoms with Gasteiger partial charge in [0.2, 0.25) is 12.1 Å². The van der Waals surface area contributed by atoms with E-state index in [-0.39, 0.29) is 0 Å². The van der Waals surface area contributed by atoms with Crippen molar-refractivity contribution in [3.8, 4) is 11.6 Å². The summed E-state index contributed by atoms with van der Waals surface area (Å²) >= 11 is 0. The number of aryl methyl sites for hydroxylation is 2. The zero-order valence-corrected chi connectivity index (χ0v) is 10.6. The predicted molar refractivity (Wildman–Crippen MR) is 70.5 cm³/mol. The van der Waals surface area contributed by atoms with Crippen LogP contribution in [0.25, 0.3) is 6.08 Å². The second-order valence-electron chi connectivity index (χ2n) is 3.94. The van der Waals surface area contributed by atoms with Crippen molar-refractivity contribution in [1.82, 2.24) is 9.78 Å². The summed E-state index contributed by atoms with van der Waals surface area (Å²) in [7, 11) is 1.73. The minimum Gasteiger partial charge on any atom is -0.439 e. The molecular formula is C13H13N3O3. The summed E-state index contributed by atoms with van der Waals surface area (Å²) in [6.45, 7) is 1.78. The van der Waals surface area contributed by atoms with Crippen LogP contribution in [-0.2, 0) is 7.05 Å². The molecule has 6 nitrogen and oxygen atoms in total. The van der Waals surface area contributed by atoms with Gasteiger partial charge in [-0.05, 0) is 19.1 Å². The summed E-state index contributed by atoms with van der Waals surface area (Å²) < 4.78 is 7.28. The highest BCUT2D eigenvalue weighted by atomic mass is 16.6. The van der Waals surface area contributed by atoms with Crippen LogP contribution in [0.3, 0.4) is 0 Å². The van der Waals surface area contributed by atoms with Gasteiger partial charge in [0.25, 0.3) is 0 Å². The van der Waals surface area contributed by atoms with Gasteiger partial charge in [-0.3, -0.25) is 10.1 Å². The van der Waals surface area contributed by atoms with Crippen molar-refractivity contribution in [3.05, 3.63) is 57.9 Å². The molecular weight excluding hydrogens is 246 g/mol. The van der Waals surface area contributed by atoms with Crippen molar-refractivity contribution in [3.63, 3.8) is 0 Å². The molecule has 0 N–H and O–H groups in total. The molecule has 2 aromatic rings. The Balaban J connectivity index is 2.37. The third-order valence-electron chi connectivity index (χ3n) is 2.53. The van der Waals surface area contributed by atoms with Crippen LogP contribution < -0.4 is 4.74 Å². The molecule has 0 spiro atoms. The molecule has 0 radical (unpaired) electrons. The van der Waals surface area contributed by atoms with Gasteiger partial charge in [0.1, 0.15) is 5.75 Å². The van der Waals surface area contributed by atoms with Crippen molar-refractivity contribution in [2.24, 2.45) is 7.05 Å². The number of nitro groups is 1. The maximum Gasteiger partial charge on any atom is 0.235 e. The Hall–Kier alpha value is -2.63. The molecule has 0 atom stereocenters. The molecule has 0 aliphatic rings. The van der Waals surface area contributed by atoms with Crippen molar-refractivity contribution in [2.45, 2.75) is 6.92 Å². The number of nitrogens with zero attached hydrogens (tertiary/aromatic N) is 3. The van der Waals surface area contributed by atoms with Gasteiger partial charge in [-0.1, -0.05) is 18.2 Å². The van der Waals surface area contributed by atoms with Gasteiger partial charge in [-0.25, -0.2) is 4.68 Å². The van der Waals surface area contributed by atoms with Gasteiger partial charge in [-0.2, -0.15) is 5.10 Å². The Labute approximate surface area is 110 Å². The van der Waals surface area contributed by atoms with Crippen LogP contribution in [0.15, 0.2) is 36.5 Å². The maximum absolute atomic E-state index is 10.4. The van der Waals surface area contributed by atoms with E-state index in [0.29, 0.717) is 22.9 Å². The first-order valence-electron chi connectivity index (χ1n) is 5.66. The number of hydrogen-bond acceptors (Lipinski definition) is 4. The number of para-hydroxylation sites is 1. The van der Waals surface area contributed by atoms with E-state index in [4.69, 9.17) is 4.74 Å². The number of aromatic nitrogens is 2. The molecule has 0 saturated carbocycles. The lowest BCUT2D eigenvalue weighted by Crippen LogP contribution is -1.95. The van der Waals surface area contributed by atoms with E-state index in [0.717, 1.165) is 6.20 Å². The van der Waals surface area contributed by atoms with E-state index in [9.17, 15) is 10.1 Å². The first kappa shape index (κ1) is 12.8. The zero-order chi connectivity index (χ0) is 13.8. The number of hydrogen-bond donors (Lipinski definition) is 0. The standard InChI is InChI=1S/C13H13N3O3/c1-10-12(8-9-16(17)18)13(15(2)14-10)19-11-6-4-3-5-7-11/h3-9H,1-2H3. The molecule has 0 aliphatic carbocycles. The fraction of sp³-hybridized carbons (Fsp3) is 0.154. The van der Waals surface area contributed by atoms with Crippen molar-refractivity contribution in [1.29, 1.82) is 0 Å². The molecule has 1 aromatic carbocycles. The fourth-order valence-corrected chi connectivity index (χ4v) is 1.70. The molecule has 98 valence electrons. The van der Waals surface area contributed by atoms with Gasteiger partial charge in [0, 0.05) is 13.1 Å². The molecule has 0 saturated heterocycles. The Morgan fingerprint density at radius 3 is 2.68 bits per heavy atom. The smallest absolute Gasteiger partial charge is 0.235 e. The highest BCUT2D eigenvalue weighted by Crippen LogP contribution is 2.27. The van der Waals surface area contributed by atoms with Crippen LogP contribution in [0, 0.1) is 17.0 Å². The van der Waals surface area contributed by atoms with Crippen LogP contribution in [0.4, 0.5) is 0 Å². The van der Waals surface area contributed by atoms with E-state index in [2.05, 4.69) is 5.10 Å². The lowest BCUT2D eigenvalue weighted by molar-refractivity contribution is -0.400. The molecule has 0 amide bonds. The van der Waals surface area contributed by atoms with Gasteiger partial charge in [0.15, 0.2) is 0 Å². The first-order valence-corrected chi connectivity index (χ1v) is 5.66. The highest BCUT2D eigenvalue weighted by molar-refractivity contribution is 5.57. The third kappa shape index (κ3) is 2.98. The number of benzene rings is 1. The topological polar surface area (TPSA) is 70.2 Å². The van der Waals surface area contributed by atoms with Crippen molar-refractivity contribution >= 4 is 6.08 Å². The average molecular weight is 259 g/mol. The molecule has 0 fully saturated rings. The summed E-state index contributed by atoms with van der Waals surface area (Å²) in [5.41, 5.74) is 1.27. The summed E-state index contributed by atoms with van der Waals surface area (Å²) in [5, 5.41) is 14.6.